The van der Waals surface area contributed by atoms with Crippen LogP contribution in [0.15, 0.2) is 0 Å². The molecule has 16 heavy (non-hydrogen) atoms. The average Bonchev–Trinajstić information content (AvgIpc) is 2.27. The molecule has 4 nitrogen and oxygen atoms in total. The van der Waals surface area contributed by atoms with Crippen LogP contribution in [0.25, 0.3) is 0 Å². The van der Waals surface area contributed by atoms with Gasteiger partial charge in [-0.2, -0.15) is 0 Å². The van der Waals surface area contributed by atoms with Crippen molar-refractivity contribution in [3.8, 4) is 0 Å². The van der Waals surface area contributed by atoms with E-state index >= 15 is 0 Å². The molecule has 0 bridgehead atoms. The van der Waals surface area contributed by atoms with Crippen LogP contribution >= 0.6 is 0 Å². The van der Waals surface area contributed by atoms with E-state index in [0.717, 1.165) is 45.5 Å². The first-order valence-electron chi connectivity index (χ1n) is 6.17. The van der Waals surface area contributed by atoms with E-state index in [0.29, 0.717) is 0 Å². The maximum absolute atomic E-state index is 5.44. The molecule has 0 aromatic rings. The lowest BCUT2D eigenvalue weighted by Gasteiger charge is -2.07. The van der Waals surface area contributed by atoms with Gasteiger partial charge in [0.05, 0.1) is 0 Å². The largest absolute Gasteiger partial charge is 0.412 e. The molecule has 1 atom stereocenters. The molecule has 0 aromatic heterocycles. The molecule has 0 aliphatic heterocycles. The Hall–Kier alpha value is -0.160. The molecule has 0 heterocycles. The summed E-state index contributed by atoms with van der Waals surface area (Å²) in [4.78, 5) is 0. The van der Waals surface area contributed by atoms with Gasteiger partial charge in [0.15, 0.2) is 0 Å². The summed E-state index contributed by atoms with van der Waals surface area (Å²) < 4.78 is 10.2. The molecule has 0 saturated carbocycles. The van der Waals surface area contributed by atoms with Gasteiger partial charge in [-0.1, -0.05) is 27.7 Å². The molecule has 4 N–H and O–H groups in total. The topological polar surface area (TPSA) is 76.0 Å². The second kappa shape index (κ2) is 20.3. The monoisotopic (exact) mass is 237 g/mol. The standard InChI is InChI=1S/C6H15NO.C6H14O.H2O/c1-3-5-8-6(7)4-2;1-3-5-7-6-4-2;/h6H,3-5,7H2,1-2H3;3-6H2,1-2H3;1H2. The summed E-state index contributed by atoms with van der Waals surface area (Å²) in [6.07, 6.45) is 4.18. The Morgan fingerprint density at radius 3 is 1.62 bits per heavy atom. The highest BCUT2D eigenvalue weighted by Crippen LogP contribution is 1.89. The fourth-order valence-electron chi connectivity index (χ4n) is 0.778. The van der Waals surface area contributed by atoms with Gasteiger partial charge in [-0.25, -0.2) is 0 Å². The molecule has 0 fully saturated rings. The lowest BCUT2D eigenvalue weighted by molar-refractivity contribution is 0.0558. The van der Waals surface area contributed by atoms with Crippen LogP contribution < -0.4 is 5.73 Å². The van der Waals surface area contributed by atoms with Crippen LogP contribution in [0, 0.1) is 0 Å². The minimum Gasteiger partial charge on any atom is -0.412 e. The SMILES string of the molecule is CCCOC(N)CC.CCCOCCC.O. The molecule has 1 unspecified atom stereocenters. The Morgan fingerprint density at radius 2 is 1.31 bits per heavy atom. The van der Waals surface area contributed by atoms with Gasteiger partial charge in [0.1, 0.15) is 6.23 Å². The van der Waals surface area contributed by atoms with Crippen molar-refractivity contribution in [2.45, 2.75) is 59.6 Å². The van der Waals surface area contributed by atoms with Crippen molar-refractivity contribution in [2.75, 3.05) is 19.8 Å². The third-order valence-electron chi connectivity index (χ3n) is 1.64. The van der Waals surface area contributed by atoms with Gasteiger partial charge in [0, 0.05) is 19.8 Å². The zero-order chi connectivity index (χ0) is 11.9. The Kier molecular flexibility index (Phi) is 26.8. The molecule has 0 rings (SSSR count). The maximum Gasteiger partial charge on any atom is 0.105 e. The smallest absolute Gasteiger partial charge is 0.105 e. The number of hydrogen-bond acceptors (Lipinski definition) is 3. The van der Waals surface area contributed by atoms with E-state index in [1.807, 2.05) is 6.92 Å². The predicted octanol–water partition coefficient (Wildman–Crippen LogP) is 2.11. The average molecular weight is 237 g/mol. The minimum absolute atomic E-state index is 0. The summed E-state index contributed by atoms with van der Waals surface area (Å²) in [6, 6.07) is 0. The van der Waals surface area contributed by atoms with Gasteiger partial charge >= 0.3 is 0 Å². The molecule has 0 amide bonds. The first-order chi connectivity index (χ1) is 7.22. The molecule has 4 heteroatoms. The van der Waals surface area contributed by atoms with E-state index in [-0.39, 0.29) is 11.7 Å². The summed E-state index contributed by atoms with van der Waals surface area (Å²) in [7, 11) is 0. The van der Waals surface area contributed by atoms with Crippen LogP contribution in [0.4, 0.5) is 0 Å². The highest BCUT2D eigenvalue weighted by atomic mass is 16.5. The van der Waals surface area contributed by atoms with Gasteiger partial charge in [-0.15, -0.1) is 0 Å². The summed E-state index contributed by atoms with van der Waals surface area (Å²) in [5, 5.41) is 0. The fourth-order valence-corrected chi connectivity index (χ4v) is 0.778. The van der Waals surface area contributed by atoms with Crippen molar-refractivity contribution in [3.63, 3.8) is 0 Å². The zero-order valence-electron chi connectivity index (χ0n) is 11.4. The quantitative estimate of drug-likeness (QED) is 0.519. The number of rotatable bonds is 8. The van der Waals surface area contributed by atoms with Crippen LogP contribution in [0.1, 0.15) is 53.4 Å². The summed E-state index contributed by atoms with van der Waals surface area (Å²) >= 11 is 0. The zero-order valence-corrected chi connectivity index (χ0v) is 11.4. The van der Waals surface area contributed by atoms with E-state index in [9.17, 15) is 0 Å². The van der Waals surface area contributed by atoms with Crippen molar-refractivity contribution in [3.05, 3.63) is 0 Å². The molecular weight excluding hydrogens is 206 g/mol. The van der Waals surface area contributed by atoms with Crippen LogP contribution in [-0.2, 0) is 9.47 Å². The predicted molar refractivity (Wildman–Crippen MR) is 69.5 cm³/mol. The van der Waals surface area contributed by atoms with Crippen LogP contribution in [-0.4, -0.2) is 31.5 Å². The van der Waals surface area contributed by atoms with Gasteiger partial charge in [0.25, 0.3) is 0 Å². The molecule has 0 saturated heterocycles. The molecule has 0 aliphatic carbocycles. The van der Waals surface area contributed by atoms with Crippen molar-refractivity contribution < 1.29 is 14.9 Å². The van der Waals surface area contributed by atoms with E-state index < -0.39 is 0 Å². The van der Waals surface area contributed by atoms with Gasteiger partial charge in [0.2, 0.25) is 0 Å². The number of hydrogen-bond donors (Lipinski definition) is 1. The maximum atomic E-state index is 5.44. The second-order valence-electron chi connectivity index (χ2n) is 3.43. The van der Waals surface area contributed by atoms with Crippen molar-refractivity contribution in [2.24, 2.45) is 5.73 Å². The van der Waals surface area contributed by atoms with Crippen molar-refractivity contribution in [1.29, 1.82) is 0 Å². The normalized spacial score (nSPS) is 11.1. The third-order valence-corrected chi connectivity index (χ3v) is 1.64. The van der Waals surface area contributed by atoms with Crippen LogP contribution in [0.5, 0.6) is 0 Å². The van der Waals surface area contributed by atoms with Gasteiger partial charge in [-0.05, 0) is 25.7 Å². The lowest BCUT2D eigenvalue weighted by atomic mass is 10.4. The van der Waals surface area contributed by atoms with Crippen LogP contribution in [0.2, 0.25) is 0 Å². The molecule has 0 aliphatic rings. The highest BCUT2D eigenvalue weighted by Gasteiger charge is 1.93. The highest BCUT2D eigenvalue weighted by molar-refractivity contribution is 4.40. The van der Waals surface area contributed by atoms with E-state index in [4.69, 9.17) is 15.2 Å². The Morgan fingerprint density at radius 1 is 0.875 bits per heavy atom. The van der Waals surface area contributed by atoms with Crippen molar-refractivity contribution >= 4 is 0 Å². The number of ether oxygens (including phenoxy) is 2. The minimum atomic E-state index is -0.0463. The lowest BCUT2D eigenvalue weighted by Crippen LogP contribution is -2.22. The van der Waals surface area contributed by atoms with E-state index in [1.165, 1.54) is 0 Å². The van der Waals surface area contributed by atoms with Crippen molar-refractivity contribution in [1.82, 2.24) is 0 Å². The molecule has 102 valence electrons. The molecule has 0 aromatic carbocycles. The van der Waals surface area contributed by atoms with Gasteiger partial charge < -0.3 is 20.7 Å². The number of nitrogens with two attached hydrogens (primary N) is 1. The second-order valence-corrected chi connectivity index (χ2v) is 3.43. The molecule has 0 spiro atoms. The van der Waals surface area contributed by atoms with Gasteiger partial charge in [-0.3, -0.25) is 0 Å². The first-order valence-corrected chi connectivity index (χ1v) is 6.17. The molecule has 0 radical (unpaired) electrons. The Balaban J connectivity index is -0.000000200. The fraction of sp³-hybridized carbons (Fsp3) is 1.00. The van der Waals surface area contributed by atoms with E-state index in [2.05, 4.69) is 20.8 Å². The Bertz CT molecular complexity index is 98.3. The summed E-state index contributed by atoms with van der Waals surface area (Å²) in [6.45, 7) is 11.0. The summed E-state index contributed by atoms with van der Waals surface area (Å²) in [5.74, 6) is 0. The van der Waals surface area contributed by atoms with Crippen LogP contribution in [0.3, 0.4) is 0 Å². The summed E-state index contributed by atoms with van der Waals surface area (Å²) in [5.41, 5.74) is 5.44. The van der Waals surface area contributed by atoms with E-state index in [1.54, 1.807) is 0 Å². The third kappa shape index (κ3) is 23.6. The Labute approximate surface area is 101 Å². The first kappa shape index (κ1) is 21.2. The molecular formula is C12H31NO3.